The first-order chi connectivity index (χ1) is 8.81. The molecule has 0 radical (unpaired) electrons. The van der Waals surface area contributed by atoms with E-state index in [0.717, 1.165) is 26.2 Å². The first kappa shape index (κ1) is 12.9. The van der Waals surface area contributed by atoms with Crippen LogP contribution in [0.15, 0.2) is 30.3 Å². The minimum atomic E-state index is 0.150. The van der Waals surface area contributed by atoms with Crippen molar-refractivity contribution in [1.82, 2.24) is 15.8 Å². The maximum atomic E-state index is 11.8. The van der Waals surface area contributed by atoms with Crippen LogP contribution < -0.4 is 15.8 Å². The van der Waals surface area contributed by atoms with E-state index in [4.69, 9.17) is 0 Å². The second kappa shape index (κ2) is 6.37. The Hall–Kier alpha value is -1.59. The zero-order valence-corrected chi connectivity index (χ0v) is 10.7. The molecule has 0 spiro atoms. The van der Waals surface area contributed by atoms with Crippen LogP contribution in [-0.2, 0) is 4.79 Å². The van der Waals surface area contributed by atoms with Crippen molar-refractivity contribution in [3.8, 4) is 0 Å². The van der Waals surface area contributed by atoms with E-state index in [0.29, 0.717) is 6.54 Å². The van der Waals surface area contributed by atoms with Gasteiger partial charge in [-0.15, -0.1) is 0 Å². The zero-order valence-electron chi connectivity index (χ0n) is 10.7. The number of nitrogens with zero attached hydrogens (tertiary/aromatic N) is 2. The Labute approximate surface area is 108 Å². The van der Waals surface area contributed by atoms with Crippen molar-refractivity contribution in [3.05, 3.63) is 30.3 Å². The Kier molecular flexibility index (Phi) is 4.55. The van der Waals surface area contributed by atoms with Crippen LogP contribution in [-0.4, -0.2) is 50.6 Å². The molecule has 5 heteroatoms. The number of anilines is 1. The fourth-order valence-corrected chi connectivity index (χ4v) is 2.13. The number of amides is 1. The molecule has 5 nitrogen and oxygen atoms in total. The number of nitrogens with one attached hydrogen (secondary N) is 2. The molecule has 1 aliphatic heterocycles. The van der Waals surface area contributed by atoms with Gasteiger partial charge in [-0.2, -0.15) is 0 Å². The molecular formula is C13H20N4O. The van der Waals surface area contributed by atoms with Gasteiger partial charge in [0.05, 0.1) is 6.54 Å². The number of benzene rings is 1. The van der Waals surface area contributed by atoms with Gasteiger partial charge in [0.2, 0.25) is 5.91 Å². The molecular weight excluding hydrogens is 228 g/mol. The van der Waals surface area contributed by atoms with Gasteiger partial charge in [0.25, 0.3) is 0 Å². The lowest BCUT2D eigenvalue weighted by Gasteiger charge is -2.36. The Morgan fingerprint density at radius 1 is 1.17 bits per heavy atom. The molecule has 0 unspecified atom stereocenters. The molecule has 0 aromatic heterocycles. The average Bonchev–Trinajstić information content (AvgIpc) is 2.46. The van der Waals surface area contributed by atoms with Gasteiger partial charge in [0, 0.05) is 31.9 Å². The summed E-state index contributed by atoms with van der Waals surface area (Å²) in [5.74, 6) is 0.150. The van der Waals surface area contributed by atoms with E-state index < -0.39 is 0 Å². The van der Waals surface area contributed by atoms with E-state index in [2.05, 4.69) is 27.9 Å². The van der Waals surface area contributed by atoms with Gasteiger partial charge < -0.3 is 9.80 Å². The second-order valence-electron chi connectivity index (χ2n) is 4.31. The van der Waals surface area contributed by atoms with Crippen molar-refractivity contribution in [2.75, 3.05) is 44.7 Å². The molecule has 1 saturated heterocycles. The summed E-state index contributed by atoms with van der Waals surface area (Å²) in [7, 11) is 1.76. The monoisotopic (exact) mass is 248 g/mol. The van der Waals surface area contributed by atoms with Crippen molar-refractivity contribution in [1.29, 1.82) is 0 Å². The number of hydrogen-bond acceptors (Lipinski definition) is 4. The maximum absolute atomic E-state index is 11.8. The highest BCUT2D eigenvalue weighted by Crippen LogP contribution is 2.15. The standard InChI is InChI=1S/C13H20N4O/c1-14-15-11-13(18)17-9-7-16(8-10-17)12-5-3-2-4-6-12/h2-6,14-15H,7-11H2,1H3. The normalized spacial score (nSPS) is 15.8. The van der Waals surface area contributed by atoms with Crippen LogP contribution in [0.1, 0.15) is 0 Å². The molecule has 98 valence electrons. The minimum Gasteiger partial charge on any atom is -0.368 e. The van der Waals surface area contributed by atoms with Gasteiger partial charge in [-0.05, 0) is 19.2 Å². The number of rotatable bonds is 4. The van der Waals surface area contributed by atoms with Crippen LogP contribution in [0, 0.1) is 0 Å². The molecule has 1 aliphatic rings. The summed E-state index contributed by atoms with van der Waals surface area (Å²) in [6.07, 6.45) is 0. The number of para-hydroxylation sites is 1. The Morgan fingerprint density at radius 3 is 2.44 bits per heavy atom. The lowest BCUT2D eigenvalue weighted by atomic mass is 10.2. The second-order valence-corrected chi connectivity index (χ2v) is 4.31. The zero-order chi connectivity index (χ0) is 12.8. The van der Waals surface area contributed by atoms with Crippen molar-refractivity contribution in [2.24, 2.45) is 0 Å². The van der Waals surface area contributed by atoms with E-state index in [9.17, 15) is 4.79 Å². The van der Waals surface area contributed by atoms with Gasteiger partial charge in [-0.3, -0.25) is 10.2 Å². The molecule has 18 heavy (non-hydrogen) atoms. The smallest absolute Gasteiger partial charge is 0.238 e. The fraction of sp³-hybridized carbons (Fsp3) is 0.462. The van der Waals surface area contributed by atoms with Crippen LogP contribution in [0.2, 0.25) is 0 Å². The van der Waals surface area contributed by atoms with E-state index in [1.165, 1.54) is 5.69 Å². The first-order valence-corrected chi connectivity index (χ1v) is 6.28. The summed E-state index contributed by atoms with van der Waals surface area (Å²) in [6, 6.07) is 10.3. The Balaban J connectivity index is 1.83. The summed E-state index contributed by atoms with van der Waals surface area (Å²) in [5, 5.41) is 0. The van der Waals surface area contributed by atoms with Crippen LogP contribution in [0.4, 0.5) is 5.69 Å². The third-order valence-electron chi connectivity index (χ3n) is 3.17. The van der Waals surface area contributed by atoms with Crippen molar-refractivity contribution < 1.29 is 4.79 Å². The van der Waals surface area contributed by atoms with Crippen molar-refractivity contribution in [2.45, 2.75) is 0 Å². The lowest BCUT2D eigenvalue weighted by Crippen LogP contribution is -2.51. The average molecular weight is 248 g/mol. The van der Waals surface area contributed by atoms with Crippen LogP contribution in [0.25, 0.3) is 0 Å². The van der Waals surface area contributed by atoms with Gasteiger partial charge in [-0.25, -0.2) is 5.43 Å². The number of carbonyl (C=O) groups is 1. The van der Waals surface area contributed by atoms with Gasteiger partial charge in [0.1, 0.15) is 0 Å². The number of carbonyl (C=O) groups excluding carboxylic acids is 1. The predicted octanol–water partition coefficient (Wildman–Crippen LogP) is 0.0592. The molecule has 2 rings (SSSR count). The molecule has 1 aromatic rings. The maximum Gasteiger partial charge on any atom is 0.238 e. The molecule has 1 aromatic carbocycles. The highest BCUT2D eigenvalue weighted by molar-refractivity contribution is 5.78. The Morgan fingerprint density at radius 2 is 1.83 bits per heavy atom. The molecule has 0 saturated carbocycles. The molecule has 2 N–H and O–H groups in total. The summed E-state index contributed by atoms with van der Waals surface area (Å²) in [5.41, 5.74) is 6.83. The SMILES string of the molecule is CNNCC(=O)N1CCN(c2ccccc2)CC1. The van der Waals surface area contributed by atoms with Crippen LogP contribution in [0.5, 0.6) is 0 Å². The van der Waals surface area contributed by atoms with E-state index in [1.807, 2.05) is 23.1 Å². The summed E-state index contributed by atoms with van der Waals surface area (Å²) < 4.78 is 0. The third-order valence-corrected chi connectivity index (χ3v) is 3.17. The quantitative estimate of drug-likeness (QED) is 0.740. The molecule has 0 aliphatic carbocycles. The van der Waals surface area contributed by atoms with Crippen LogP contribution in [0.3, 0.4) is 0 Å². The molecule has 0 bridgehead atoms. The molecule has 1 amide bonds. The summed E-state index contributed by atoms with van der Waals surface area (Å²) in [4.78, 5) is 16.0. The summed E-state index contributed by atoms with van der Waals surface area (Å²) >= 11 is 0. The number of piperazine rings is 1. The largest absolute Gasteiger partial charge is 0.368 e. The highest BCUT2D eigenvalue weighted by atomic mass is 16.2. The van der Waals surface area contributed by atoms with Crippen LogP contribution >= 0.6 is 0 Å². The van der Waals surface area contributed by atoms with E-state index in [-0.39, 0.29) is 5.91 Å². The van der Waals surface area contributed by atoms with Gasteiger partial charge >= 0.3 is 0 Å². The van der Waals surface area contributed by atoms with E-state index in [1.54, 1.807) is 7.05 Å². The predicted molar refractivity (Wildman–Crippen MR) is 72.3 cm³/mol. The number of hydrazine groups is 1. The topological polar surface area (TPSA) is 47.6 Å². The Bertz CT molecular complexity index is 374. The van der Waals surface area contributed by atoms with Gasteiger partial charge in [0.15, 0.2) is 0 Å². The van der Waals surface area contributed by atoms with Crippen molar-refractivity contribution >= 4 is 11.6 Å². The minimum absolute atomic E-state index is 0.150. The first-order valence-electron chi connectivity index (χ1n) is 6.28. The molecule has 1 fully saturated rings. The fourth-order valence-electron chi connectivity index (χ4n) is 2.13. The molecule has 1 heterocycles. The molecule has 0 atom stereocenters. The third kappa shape index (κ3) is 3.21. The highest BCUT2D eigenvalue weighted by Gasteiger charge is 2.20. The van der Waals surface area contributed by atoms with Crippen molar-refractivity contribution in [3.63, 3.8) is 0 Å². The lowest BCUT2D eigenvalue weighted by molar-refractivity contribution is -0.130. The van der Waals surface area contributed by atoms with Gasteiger partial charge in [-0.1, -0.05) is 18.2 Å². The van der Waals surface area contributed by atoms with E-state index >= 15 is 0 Å². The summed E-state index contributed by atoms with van der Waals surface area (Å²) in [6.45, 7) is 3.73. The number of hydrogen-bond donors (Lipinski definition) is 2.